The molecule has 0 spiro atoms. The van der Waals surface area contributed by atoms with Gasteiger partial charge in [-0.05, 0) is 32.6 Å². The summed E-state index contributed by atoms with van der Waals surface area (Å²) in [6, 6.07) is 0. The Morgan fingerprint density at radius 3 is 2.25 bits per heavy atom. The monoisotopic (exact) mass is 284 g/mol. The van der Waals surface area contributed by atoms with Gasteiger partial charge in [0.25, 0.3) is 0 Å². The van der Waals surface area contributed by atoms with Crippen LogP contribution in [0.1, 0.15) is 46.5 Å². The topological polar surface area (TPSA) is 109 Å². The molecule has 0 aliphatic heterocycles. The highest BCUT2D eigenvalue weighted by Gasteiger charge is 2.43. The first-order valence-corrected chi connectivity index (χ1v) is 6.99. The summed E-state index contributed by atoms with van der Waals surface area (Å²) in [4.78, 5) is 34.5. The minimum absolute atomic E-state index is 0.0282. The largest absolute Gasteiger partial charge is 0.481 e. The lowest BCUT2D eigenvalue weighted by molar-refractivity contribution is -0.146. The Kier molecular flexibility index (Phi) is 5.14. The molecule has 0 aromatic rings. The maximum absolute atomic E-state index is 12.3. The number of hydrogen-bond donors (Lipinski definition) is 3. The van der Waals surface area contributed by atoms with Crippen LogP contribution in [-0.4, -0.2) is 28.4 Å². The first-order chi connectivity index (χ1) is 9.16. The molecule has 1 aliphatic rings. The summed E-state index contributed by atoms with van der Waals surface area (Å²) in [7, 11) is 0. The molecule has 3 unspecified atom stereocenters. The van der Waals surface area contributed by atoms with E-state index in [2.05, 4.69) is 5.32 Å². The van der Waals surface area contributed by atoms with Crippen LogP contribution in [0, 0.1) is 17.8 Å². The van der Waals surface area contributed by atoms with Gasteiger partial charge in [0.1, 0.15) is 0 Å². The summed E-state index contributed by atoms with van der Waals surface area (Å²) >= 11 is 0. The molecule has 0 saturated heterocycles. The van der Waals surface area contributed by atoms with E-state index in [1.54, 1.807) is 13.8 Å². The fraction of sp³-hybridized carbons (Fsp3) is 0.786. The van der Waals surface area contributed by atoms with Crippen LogP contribution in [0.2, 0.25) is 0 Å². The van der Waals surface area contributed by atoms with Gasteiger partial charge in [0.05, 0.1) is 11.8 Å². The number of amides is 2. The van der Waals surface area contributed by atoms with E-state index in [0.29, 0.717) is 12.8 Å². The van der Waals surface area contributed by atoms with Crippen molar-refractivity contribution in [2.45, 2.75) is 52.0 Å². The van der Waals surface area contributed by atoms with Crippen LogP contribution in [0.25, 0.3) is 0 Å². The van der Waals surface area contributed by atoms with Crippen molar-refractivity contribution in [3.05, 3.63) is 0 Å². The van der Waals surface area contributed by atoms with Crippen LogP contribution in [-0.2, 0) is 14.4 Å². The van der Waals surface area contributed by atoms with Crippen LogP contribution in [0.5, 0.6) is 0 Å². The summed E-state index contributed by atoms with van der Waals surface area (Å²) in [6.45, 7) is 5.41. The van der Waals surface area contributed by atoms with Gasteiger partial charge >= 0.3 is 5.97 Å². The molecule has 2 amide bonds. The Morgan fingerprint density at radius 2 is 1.80 bits per heavy atom. The van der Waals surface area contributed by atoms with Crippen molar-refractivity contribution in [3.63, 3.8) is 0 Å². The highest BCUT2D eigenvalue weighted by molar-refractivity contribution is 5.86. The predicted molar refractivity (Wildman–Crippen MR) is 73.7 cm³/mol. The zero-order chi connectivity index (χ0) is 15.5. The Labute approximate surface area is 119 Å². The fourth-order valence-electron chi connectivity index (χ4n) is 2.94. The second-order valence-electron chi connectivity index (χ2n) is 6.31. The number of rotatable bonds is 6. The van der Waals surface area contributed by atoms with E-state index in [1.807, 2.05) is 6.92 Å². The maximum Gasteiger partial charge on any atom is 0.307 e. The van der Waals surface area contributed by atoms with Crippen LogP contribution < -0.4 is 11.1 Å². The first kappa shape index (κ1) is 16.5. The van der Waals surface area contributed by atoms with E-state index in [4.69, 9.17) is 5.73 Å². The standard InChI is InChI=1S/C14H24N2O4/c1-4-8-5-9(10(6-8)13(19)20)12(18)16-14(2,3)7-11(15)17/h8-10H,4-7H2,1-3H3,(H2,15,17)(H,16,18)(H,19,20). The molecule has 0 heterocycles. The molecule has 6 nitrogen and oxygen atoms in total. The Hall–Kier alpha value is -1.59. The second-order valence-corrected chi connectivity index (χ2v) is 6.31. The van der Waals surface area contributed by atoms with Crippen molar-refractivity contribution in [3.8, 4) is 0 Å². The van der Waals surface area contributed by atoms with Gasteiger partial charge < -0.3 is 16.2 Å². The van der Waals surface area contributed by atoms with Gasteiger partial charge in [-0.15, -0.1) is 0 Å². The zero-order valence-electron chi connectivity index (χ0n) is 12.3. The minimum atomic E-state index is -0.922. The number of carbonyl (C=O) groups is 3. The van der Waals surface area contributed by atoms with E-state index >= 15 is 0 Å². The molecule has 3 atom stereocenters. The highest BCUT2D eigenvalue weighted by Crippen LogP contribution is 2.38. The molecule has 4 N–H and O–H groups in total. The number of nitrogens with one attached hydrogen (secondary N) is 1. The van der Waals surface area contributed by atoms with Gasteiger partial charge in [-0.25, -0.2) is 0 Å². The highest BCUT2D eigenvalue weighted by atomic mass is 16.4. The van der Waals surface area contributed by atoms with E-state index < -0.39 is 29.3 Å². The molecule has 1 fully saturated rings. The number of carbonyl (C=O) groups excluding carboxylic acids is 2. The third-order valence-electron chi connectivity index (χ3n) is 3.97. The normalized spacial score (nSPS) is 26.2. The van der Waals surface area contributed by atoms with Gasteiger partial charge in [-0.2, -0.15) is 0 Å². The minimum Gasteiger partial charge on any atom is -0.481 e. The SMILES string of the molecule is CCC1CC(C(=O)O)C(C(=O)NC(C)(C)CC(N)=O)C1. The number of aliphatic carboxylic acids is 1. The van der Waals surface area contributed by atoms with Gasteiger partial charge in [0, 0.05) is 12.0 Å². The molecule has 0 bridgehead atoms. The van der Waals surface area contributed by atoms with Crippen molar-refractivity contribution < 1.29 is 19.5 Å². The quantitative estimate of drug-likeness (QED) is 0.673. The number of nitrogens with two attached hydrogens (primary N) is 1. The molecule has 1 saturated carbocycles. The summed E-state index contributed by atoms with van der Waals surface area (Å²) in [5, 5.41) is 12.0. The number of carboxylic acid groups (broad SMARTS) is 1. The van der Waals surface area contributed by atoms with Crippen molar-refractivity contribution in [1.82, 2.24) is 5.32 Å². The van der Waals surface area contributed by atoms with E-state index in [-0.39, 0.29) is 18.2 Å². The third kappa shape index (κ3) is 4.21. The first-order valence-electron chi connectivity index (χ1n) is 6.99. The van der Waals surface area contributed by atoms with Crippen molar-refractivity contribution in [2.24, 2.45) is 23.5 Å². The maximum atomic E-state index is 12.3. The van der Waals surface area contributed by atoms with Crippen molar-refractivity contribution >= 4 is 17.8 Å². The lowest BCUT2D eigenvalue weighted by Crippen LogP contribution is -2.49. The van der Waals surface area contributed by atoms with Gasteiger partial charge in [-0.3, -0.25) is 14.4 Å². The Bertz CT molecular complexity index is 406. The number of carboxylic acids is 1. The van der Waals surface area contributed by atoms with E-state index in [1.165, 1.54) is 0 Å². The predicted octanol–water partition coefficient (Wildman–Crippen LogP) is 0.894. The van der Waals surface area contributed by atoms with Crippen LogP contribution in [0.15, 0.2) is 0 Å². The van der Waals surface area contributed by atoms with Gasteiger partial charge in [0.2, 0.25) is 11.8 Å². The van der Waals surface area contributed by atoms with Gasteiger partial charge in [-0.1, -0.05) is 13.3 Å². The molecule has 114 valence electrons. The van der Waals surface area contributed by atoms with Crippen LogP contribution in [0.4, 0.5) is 0 Å². The average molecular weight is 284 g/mol. The van der Waals surface area contributed by atoms with Crippen molar-refractivity contribution in [1.29, 1.82) is 0 Å². The van der Waals surface area contributed by atoms with E-state index in [0.717, 1.165) is 6.42 Å². The summed E-state index contributed by atoms with van der Waals surface area (Å²) in [5.74, 6) is -2.60. The molecule has 1 rings (SSSR count). The third-order valence-corrected chi connectivity index (χ3v) is 3.97. The molecule has 0 radical (unpaired) electrons. The number of primary amides is 1. The molecule has 0 aromatic heterocycles. The second kappa shape index (κ2) is 6.24. The Morgan fingerprint density at radius 1 is 1.25 bits per heavy atom. The zero-order valence-corrected chi connectivity index (χ0v) is 12.3. The van der Waals surface area contributed by atoms with Crippen LogP contribution in [0.3, 0.4) is 0 Å². The smallest absolute Gasteiger partial charge is 0.307 e. The molecular weight excluding hydrogens is 260 g/mol. The summed E-state index contributed by atoms with van der Waals surface area (Å²) in [6.07, 6.45) is 2.03. The lowest BCUT2D eigenvalue weighted by Gasteiger charge is -2.27. The summed E-state index contributed by atoms with van der Waals surface area (Å²) < 4.78 is 0. The van der Waals surface area contributed by atoms with Gasteiger partial charge in [0.15, 0.2) is 0 Å². The molecule has 20 heavy (non-hydrogen) atoms. The van der Waals surface area contributed by atoms with E-state index in [9.17, 15) is 19.5 Å². The number of hydrogen-bond acceptors (Lipinski definition) is 3. The molecule has 6 heteroatoms. The Balaban J connectivity index is 2.74. The summed E-state index contributed by atoms with van der Waals surface area (Å²) in [5.41, 5.74) is 4.39. The molecule has 0 aromatic carbocycles. The average Bonchev–Trinajstić information content (AvgIpc) is 2.70. The lowest BCUT2D eigenvalue weighted by atomic mass is 9.92. The molecule has 1 aliphatic carbocycles. The molecular formula is C14H24N2O4. The van der Waals surface area contributed by atoms with Crippen LogP contribution >= 0.6 is 0 Å². The van der Waals surface area contributed by atoms with Crippen molar-refractivity contribution in [2.75, 3.05) is 0 Å². The fourth-order valence-corrected chi connectivity index (χ4v) is 2.94.